The summed E-state index contributed by atoms with van der Waals surface area (Å²) in [6, 6.07) is 0. The average molecular weight is 156 g/mol. The molecule has 1 fully saturated rings. The monoisotopic (exact) mass is 156 g/mol. The lowest BCUT2D eigenvalue weighted by Crippen LogP contribution is -2.26. The summed E-state index contributed by atoms with van der Waals surface area (Å²) in [6.07, 6.45) is 0.694. The van der Waals surface area contributed by atoms with Crippen LogP contribution in [0.3, 0.4) is 0 Å². The van der Waals surface area contributed by atoms with Crippen molar-refractivity contribution in [1.29, 1.82) is 0 Å². The lowest BCUT2D eigenvalue weighted by molar-refractivity contribution is -0.126. The molecule has 1 aliphatic carbocycles. The van der Waals surface area contributed by atoms with Gasteiger partial charge in [-0.3, -0.25) is 9.59 Å². The van der Waals surface area contributed by atoms with Gasteiger partial charge in [0, 0.05) is 14.1 Å². The van der Waals surface area contributed by atoms with Crippen molar-refractivity contribution in [2.45, 2.75) is 6.42 Å². The molecule has 11 heavy (non-hydrogen) atoms. The zero-order valence-corrected chi connectivity index (χ0v) is 6.68. The molecule has 1 aliphatic rings. The van der Waals surface area contributed by atoms with Crippen LogP contribution in [0.15, 0.2) is 0 Å². The minimum absolute atomic E-state index is 0.0291. The van der Waals surface area contributed by atoms with Gasteiger partial charge < -0.3 is 10.6 Å². The Morgan fingerprint density at radius 1 is 1.09 bits per heavy atom. The first kappa shape index (κ1) is 8.04. The molecule has 2 atom stereocenters. The van der Waals surface area contributed by atoms with Crippen LogP contribution in [0, 0.1) is 11.8 Å². The summed E-state index contributed by atoms with van der Waals surface area (Å²) >= 11 is 0. The smallest absolute Gasteiger partial charge is 0.223 e. The van der Waals surface area contributed by atoms with Crippen molar-refractivity contribution in [3.63, 3.8) is 0 Å². The summed E-state index contributed by atoms with van der Waals surface area (Å²) in [5.74, 6) is -0.225. The zero-order valence-electron chi connectivity index (χ0n) is 6.68. The van der Waals surface area contributed by atoms with Gasteiger partial charge in [0.25, 0.3) is 0 Å². The van der Waals surface area contributed by atoms with Gasteiger partial charge in [-0.05, 0) is 6.42 Å². The number of amides is 2. The van der Waals surface area contributed by atoms with Crippen LogP contribution in [0.2, 0.25) is 0 Å². The summed E-state index contributed by atoms with van der Waals surface area (Å²) in [7, 11) is 3.17. The third-order valence-electron chi connectivity index (χ3n) is 1.96. The molecule has 2 unspecified atom stereocenters. The molecule has 0 aromatic heterocycles. The topological polar surface area (TPSA) is 58.2 Å². The molecule has 0 heterocycles. The van der Waals surface area contributed by atoms with Crippen molar-refractivity contribution in [2.75, 3.05) is 14.1 Å². The van der Waals surface area contributed by atoms with E-state index in [1.54, 1.807) is 14.1 Å². The van der Waals surface area contributed by atoms with Crippen molar-refractivity contribution >= 4 is 11.8 Å². The minimum atomic E-state index is -0.0834. The second-order valence-electron chi connectivity index (χ2n) is 2.68. The average Bonchev–Trinajstić information content (AvgIpc) is 2.80. The van der Waals surface area contributed by atoms with Gasteiger partial charge in [0.1, 0.15) is 0 Å². The molecule has 0 spiro atoms. The van der Waals surface area contributed by atoms with Crippen LogP contribution in [-0.4, -0.2) is 25.9 Å². The van der Waals surface area contributed by atoms with Crippen molar-refractivity contribution in [1.82, 2.24) is 10.6 Å². The Labute approximate surface area is 65.3 Å². The number of rotatable bonds is 2. The fraction of sp³-hybridized carbons (Fsp3) is 0.714. The van der Waals surface area contributed by atoms with Crippen LogP contribution in [0.25, 0.3) is 0 Å². The summed E-state index contributed by atoms with van der Waals surface area (Å²) < 4.78 is 0. The second-order valence-corrected chi connectivity index (χ2v) is 2.68. The van der Waals surface area contributed by atoms with Gasteiger partial charge in [-0.15, -0.1) is 0 Å². The SMILES string of the molecule is CNC(=O)C1CC1C(=O)NC. The van der Waals surface area contributed by atoms with E-state index >= 15 is 0 Å². The van der Waals surface area contributed by atoms with E-state index in [4.69, 9.17) is 0 Å². The van der Waals surface area contributed by atoms with Crippen molar-refractivity contribution in [2.24, 2.45) is 11.8 Å². The van der Waals surface area contributed by atoms with Crippen LogP contribution in [0.5, 0.6) is 0 Å². The molecular weight excluding hydrogens is 144 g/mol. The lowest BCUT2D eigenvalue weighted by atomic mass is 10.3. The van der Waals surface area contributed by atoms with E-state index in [1.165, 1.54) is 0 Å². The molecule has 62 valence electrons. The number of carbonyl (C=O) groups excluding carboxylic acids is 2. The van der Waals surface area contributed by atoms with Crippen molar-refractivity contribution in [3.05, 3.63) is 0 Å². The van der Waals surface area contributed by atoms with Crippen LogP contribution in [0.4, 0.5) is 0 Å². The predicted octanol–water partition coefficient (Wildman–Crippen LogP) is -0.885. The fourth-order valence-corrected chi connectivity index (χ4v) is 1.15. The van der Waals surface area contributed by atoms with E-state index in [9.17, 15) is 9.59 Å². The summed E-state index contributed by atoms with van der Waals surface area (Å²) in [6.45, 7) is 0. The van der Waals surface area contributed by atoms with Crippen LogP contribution < -0.4 is 10.6 Å². The number of hydrogen-bond acceptors (Lipinski definition) is 2. The van der Waals surface area contributed by atoms with Gasteiger partial charge in [-0.25, -0.2) is 0 Å². The highest BCUT2D eigenvalue weighted by molar-refractivity contribution is 5.92. The van der Waals surface area contributed by atoms with E-state index in [0.29, 0.717) is 6.42 Å². The Morgan fingerprint density at radius 3 is 1.73 bits per heavy atom. The first-order valence-corrected chi connectivity index (χ1v) is 3.64. The van der Waals surface area contributed by atoms with E-state index in [0.717, 1.165) is 0 Å². The molecule has 2 amide bonds. The molecule has 2 N–H and O–H groups in total. The molecule has 0 bridgehead atoms. The molecule has 1 saturated carbocycles. The summed E-state index contributed by atoms with van der Waals surface area (Å²) in [4.78, 5) is 21.8. The Balaban J connectivity index is 2.37. The molecule has 0 saturated heterocycles. The molecule has 0 radical (unpaired) electrons. The number of carbonyl (C=O) groups is 2. The Kier molecular flexibility index (Phi) is 2.12. The van der Waals surface area contributed by atoms with Gasteiger partial charge >= 0.3 is 0 Å². The summed E-state index contributed by atoms with van der Waals surface area (Å²) in [5, 5.41) is 5.03. The molecular formula is C7H12N2O2. The molecule has 4 heteroatoms. The quantitative estimate of drug-likeness (QED) is 0.545. The maximum Gasteiger partial charge on any atom is 0.223 e. The second kappa shape index (κ2) is 2.90. The van der Waals surface area contributed by atoms with Crippen molar-refractivity contribution < 1.29 is 9.59 Å². The zero-order chi connectivity index (χ0) is 8.43. The third kappa shape index (κ3) is 1.50. The highest BCUT2D eigenvalue weighted by atomic mass is 16.2. The molecule has 0 aromatic carbocycles. The highest BCUT2D eigenvalue weighted by Gasteiger charge is 2.47. The van der Waals surface area contributed by atoms with Gasteiger partial charge in [0.15, 0.2) is 0 Å². The summed E-state index contributed by atoms with van der Waals surface area (Å²) in [5.41, 5.74) is 0. The normalized spacial score (nSPS) is 27.5. The molecule has 0 aliphatic heterocycles. The third-order valence-corrected chi connectivity index (χ3v) is 1.96. The minimum Gasteiger partial charge on any atom is -0.359 e. The Hall–Kier alpha value is -1.06. The number of hydrogen-bond donors (Lipinski definition) is 2. The van der Waals surface area contributed by atoms with E-state index < -0.39 is 0 Å². The first-order valence-electron chi connectivity index (χ1n) is 3.64. The lowest BCUT2D eigenvalue weighted by Gasteiger charge is -1.96. The Morgan fingerprint density at radius 2 is 1.45 bits per heavy atom. The predicted molar refractivity (Wildman–Crippen MR) is 39.7 cm³/mol. The highest BCUT2D eigenvalue weighted by Crippen LogP contribution is 2.38. The molecule has 0 aromatic rings. The van der Waals surface area contributed by atoms with Gasteiger partial charge in [-0.2, -0.15) is 0 Å². The fourth-order valence-electron chi connectivity index (χ4n) is 1.15. The van der Waals surface area contributed by atoms with Crippen LogP contribution in [-0.2, 0) is 9.59 Å². The number of nitrogens with one attached hydrogen (secondary N) is 2. The first-order chi connectivity index (χ1) is 5.20. The largest absolute Gasteiger partial charge is 0.359 e. The maximum atomic E-state index is 10.9. The van der Waals surface area contributed by atoms with E-state index in [1.807, 2.05) is 0 Å². The van der Waals surface area contributed by atoms with Crippen LogP contribution in [0.1, 0.15) is 6.42 Å². The maximum absolute atomic E-state index is 10.9. The van der Waals surface area contributed by atoms with Crippen LogP contribution >= 0.6 is 0 Å². The molecule has 1 rings (SSSR count). The Bertz CT molecular complexity index is 171. The van der Waals surface area contributed by atoms with Crippen molar-refractivity contribution in [3.8, 4) is 0 Å². The van der Waals surface area contributed by atoms with Gasteiger partial charge in [0.2, 0.25) is 11.8 Å². The standard InChI is InChI=1S/C7H12N2O2/c1-8-6(10)4-3-5(4)7(11)9-2/h4-5H,3H2,1-2H3,(H,8,10)(H,9,11). The van der Waals surface area contributed by atoms with Gasteiger partial charge in [-0.1, -0.05) is 0 Å². The van der Waals surface area contributed by atoms with E-state index in [2.05, 4.69) is 10.6 Å². The van der Waals surface area contributed by atoms with Gasteiger partial charge in [0.05, 0.1) is 11.8 Å². The van der Waals surface area contributed by atoms with E-state index in [-0.39, 0.29) is 23.7 Å². The molecule has 4 nitrogen and oxygen atoms in total.